The van der Waals surface area contributed by atoms with Crippen molar-refractivity contribution in [2.75, 3.05) is 25.0 Å². The molecule has 148 valence electrons. The number of carbonyl (C=O) groups excluding carboxylic acids is 3. The molecule has 0 aliphatic carbocycles. The van der Waals surface area contributed by atoms with Gasteiger partial charge in [-0.25, -0.2) is 13.2 Å². The monoisotopic (exact) mass is 396 g/mol. The molecular weight excluding hydrogens is 372 g/mol. The number of rotatable bonds is 7. The SMILES string of the molecule is CCN(CC)S(=O)(=O)c1ccc(NC(=O)CN2C(=O)NC(C)(C)C2=O)cc1. The molecule has 1 aliphatic rings. The van der Waals surface area contributed by atoms with E-state index in [1.54, 1.807) is 27.7 Å². The van der Waals surface area contributed by atoms with E-state index in [0.717, 1.165) is 4.90 Å². The van der Waals surface area contributed by atoms with Gasteiger partial charge in [0, 0.05) is 18.8 Å². The number of sulfonamides is 1. The molecule has 0 saturated carbocycles. The summed E-state index contributed by atoms with van der Waals surface area (Å²) >= 11 is 0. The van der Waals surface area contributed by atoms with Gasteiger partial charge in [0.05, 0.1) is 4.90 Å². The maximum atomic E-state index is 12.4. The second kappa shape index (κ2) is 7.65. The molecule has 9 nitrogen and oxygen atoms in total. The second-order valence-electron chi connectivity index (χ2n) is 6.61. The van der Waals surface area contributed by atoms with Crippen molar-refractivity contribution >= 4 is 33.6 Å². The van der Waals surface area contributed by atoms with Crippen molar-refractivity contribution < 1.29 is 22.8 Å². The molecule has 1 heterocycles. The van der Waals surface area contributed by atoms with Crippen LogP contribution in [0, 0.1) is 0 Å². The van der Waals surface area contributed by atoms with Crippen molar-refractivity contribution in [3.63, 3.8) is 0 Å². The van der Waals surface area contributed by atoms with Gasteiger partial charge < -0.3 is 10.6 Å². The summed E-state index contributed by atoms with van der Waals surface area (Å²) in [7, 11) is -3.58. The minimum Gasteiger partial charge on any atom is -0.325 e. The molecule has 2 N–H and O–H groups in total. The van der Waals surface area contributed by atoms with Crippen molar-refractivity contribution in [3.8, 4) is 0 Å². The van der Waals surface area contributed by atoms with Gasteiger partial charge in [0.15, 0.2) is 0 Å². The van der Waals surface area contributed by atoms with Crippen LogP contribution in [-0.2, 0) is 19.6 Å². The number of hydrogen-bond acceptors (Lipinski definition) is 5. The summed E-state index contributed by atoms with van der Waals surface area (Å²) in [5.74, 6) is -1.04. The van der Waals surface area contributed by atoms with Crippen LogP contribution in [-0.4, -0.2) is 60.6 Å². The Hall–Kier alpha value is -2.46. The van der Waals surface area contributed by atoms with Crippen LogP contribution in [0.2, 0.25) is 0 Å². The lowest BCUT2D eigenvalue weighted by Crippen LogP contribution is -2.41. The molecule has 0 atom stereocenters. The van der Waals surface area contributed by atoms with E-state index in [2.05, 4.69) is 10.6 Å². The smallest absolute Gasteiger partial charge is 0.325 e. The molecule has 0 radical (unpaired) electrons. The zero-order valence-corrected chi connectivity index (χ0v) is 16.6. The van der Waals surface area contributed by atoms with Crippen LogP contribution >= 0.6 is 0 Å². The van der Waals surface area contributed by atoms with Gasteiger partial charge in [-0.1, -0.05) is 13.8 Å². The first-order valence-corrected chi connectivity index (χ1v) is 10.0. The lowest BCUT2D eigenvalue weighted by molar-refractivity contribution is -0.132. The molecule has 27 heavy (non-hydrogen) atoms. The zero-order valence-electron chi connectivity index (χ0n) is 15.8. The Morgan fingerprint density at radius 2 is 1.70 bits per heavy atom. The van der Waals surface area contributed by atoms with E-state index < -0.39 is 40.0 Å². The van der Waals surface area contributed by atoms with Crippen molar-refractivity contribution in [2.24, 2.45) is 0 Å². The van der Waals surface area contributed by atoms with Crippen LogP contribution in [0.5, 0.6) is 0 Å². The largest absolute Gasteiger partial charge is 0.325 e. The van der Waals surface area contributed by atoms with Gasteiger partial charge in [-0.05, 0) is 38.1 Å². The minimum absolute atomic E-state index is 0.125. The summed E-state index contributed by atoms with van der Waals surface area (Å²) < 4.78 is 26.2. The van der Waals surface area contributed by atoms with Crippen molar-refractivity contribution in [2.45, 2.75) is 38.1 Å². The van der Waals surface area contributed by atoms with Gasteiger partial charge in [0.1, 0.15) is 12.1 Å². The number of urea groups is 1. The first kappa shape index (κ1) is 20.8. The Morgan fingerprint density at radius 3 is 2.15 bits per heavy atom. The van der Waals surface area contributed by atoms with E-state index in [4.69, 9.17) is 0 Å². The molecule has 0 unspecified atom stereocenters. The van der Waals surface area contributed by atoms with E-state index in [-0.39, 0.29) is 4.90 Å². The molecule has 2 rings (SSSR count). The Morgan fingerprint density at radius 1 is 1.15 bits per heavy atom. The topological polar surface area (TPSA) is 116 Å². The standard InChI is InChI=1S/C17H24N4O5S/c1-5-20(6-2)27(25,26)13-9-7-12(8-10-13)18-14(22)11-21-15(23)17(3,4)19-16(21)24/h7-10H,5-6,11H2,1-4H3,(H,18,22)(H,19,24). The molecule has 0 spiro atoms. The third-order valence-electron chi connectivity index (χ3n) is 4.23. The Bertz CT molecular complexity index is 845. The summed E-state index contributed by atoms with van der Waals surface area (Å²) in [6.07, 6.45) is 0. The zero-order chi connectivity index (χ0) is 20.4. The summed E-state index contributed by atoms with van der Waals surface area (Å²) in [6, 6.07) is 5.11. The molecule has 10 heteroatoms. The van der Waals surface area contributed by atoms with Crippen molar-refractivity contribution in [1.82, 2.24) is 14.5 Å². The molecule has 1 saturated heterocycles. The number of nitrogens with zero attached hydrogens (tertiary/aromatic N) is 2. The van der Waals surface area contributed by atoms with Crippen LogP contribution in [0.4, 0.5) is 10.5 Å². The molecule has 0 aromatic heterocycles. The third kappa shape index (κ3) is 4.28. The molecule has 1 aliphatic heterocycles. The number of benzene rings is 1. The molecular formula is C17H24N4O5S. The van der Waals surface area contributed by atoms with Gasteiger partial charge in [-0.2, -0.15) is 4.31 Å². The lowest BCUT2D eigenvalue weighted by atomic mass is 10.1. The minimum atomic E-state index is -3.58. The van der Waals surface area contributed by atoms with Gasteiger partial charge in [-0.15, -0.1) is 0 Å². The fraction of sp³-hybridized carbons (Fsp3) is 0.471. The normalized spacial score (nSPS) is 16.6. The first-order valence-electron chi connectivity index (χ1n) is 8.57. The molecule has 4 amide bonds. The summed E-state index contributed by atoms with van der Waals surface area (Å²) in [4.78, 5) is 37.0. The lowest BCUT2D eigenvalue weighted by Gasteiger charge is -2.18. The van der Waals surface area contributed by atoms with Crippen LogP contribution in [0.1, 0.15) is 27.7 Å². The van der Waals surface area contributed by atoms with E-state index >= 15 is 0 Å². The average molecular weight is 396 g/mol. The molecule has 1 fully saturated rings. The fourth-order valence-electron chi connectivity index (χ4n) is 2.73. The number of imide groups is 1. The number of carbonyl (C=O) groups is 3. The van der Waals surface area contributed by atoms with E-state index in [9.17, 15) is 22.8 Å². The van der Waals surface area contributed by atoms with Gasteiger partial charge in [0.2, 0.25) is 15.9 Å². The predicted molar refractivity (Wildman–Crippen MR) is 99.5 cm³/mol. The van der Waals surface area contributed by atoms with E-state index in [1.807, 2.05) is 0 Å². The average Bonchev–Trinajstić information content (AvgIpc) is 2.78. The molecule has 0 bridgehead atoms. The van der Waals surface area contributed by atoms with Gasteiger partial charge in [0.25, 0.3) is 5.91 Å². The van der Waals surface area contributed by atoms with Crippen LogP contribution in [0.15, 0.2) is 29.2 Å². The highest BCUT2D eigenvalue weighted by Gasteiger charge is 2.44. The molecule has 1 aromatic carbocycles. The van der Waals surface area contributed by atoms with Crippen LogP contribution in [0.25, 0.3) is 0 Å². The Balaban J connectivity index is 2.06. The number of hydrogen-bond donors (Lipinski definition) is 2. The highest BCUT2D eigenvalue weighted by atomic mass is 32.2. The summed E-state index contributed by atoms with van der Waals surface area (Å²) in [5.41, 5.74) is -0.678. The predicted octanol–water partition coefficient (Wildman–Crippen LogP) is 0.986. The molecule has 1 aromatic rings. The highest BCUT2D eigenvalue weighted by Crippen LogP contribution is 2.19. The highest BCUT2D eigenvalue weighted by molar-refractivity contribution is 7.89. The third-order valence-corrected chi connectivity index (χ3v) is 6.29. The van der Waals surface area contributed by atoms with E-state index in [0.29, 0.717) is 18.8 Å². The van der Waals surface area contributed by atoms with Gasteiger partial charge >= 0.3 is 6.03 Å². The Kier molecular flexibility index (Phi) is 5.91. The van der Waals surface area contributed by atoms with Crippen molar-refractivity contribution in [3.05, 3.63) is 24.3 Å². The summed E-state index contributed by atoms with van der Waals surface area (Å²) in [6.45, 7) is 6.92. The van der Waals surface area contributed by atoms with E-state index in [1.165, 1.54) is 28.6 Å². The summed E-state index contributed by atoms with van der Waals surface area (Å²) in [5, 5.41) is 5.05. The van der Waals surface area contributed by atoms with Crippen LogP contribution < -0.4 is 10.6 Å². The number of amides is 4. The fourth-order valence-corrected chi connectivity index (χ4v) is 4.19. The maximum Gasteiger partial charge on any atom is 0.325 e. The number of nitrogens with one attached hydrogen (secondary N) is 2. The van der Waals surface area contributed by atoms with Gasteiger partial charge in [-0.3, -0.25) is 14.5 Å². The maximum absolute atomic E-state index is 12.4. The number of anilines is 1. The van der Waals surface area contributed by atoms with Crippen LogP contribution in [0.3, 0.4) is 0 Å². The second-order valence-corrected chi connectivity index (χ2v) is 8.55. The van der Waals surface area contributed by atoms with Crippen molar-refractivity contribution in [1.29, 1.82) is 0 Å². The Labute approximate surface area is 158 Å². The first-order chi connectivity index (χ1) is 12.5. The quantitative estimate of drug-likeness (QED) is 0.667.